The van der Waals surface area contributed by atoms with Crippen molar-refractivity contribution in [3.05, 3.63) is 102 Å². The summed E-state index contributed by atoms with van der Waals surface area (Å²) in [5.41, 5.74) is 2.32. The fourth-order valence-electron chi connectivity index (χ4n) is 3.71. The van der Waals surface area contributed by atoms with Gasteiger partial charge < -0.3 is 9.88 Å². The van der Waals surface area contributed by atoms with E-state index in [0.717, 1.165) is 18.4 Å². The van der Waals surface area contributed by atoms with Crippen LogP contribution in [-0.4, -0.2) is 29.9 Å². The van der Waals surface area contributed by atoms with Gasteiger partial charge in [-0.2, -0.15) is 0 Å². The highest BCUT2D eigenvalue weighted by atomic mass is 32.2. The highest BCUT2D eigenvalue weighted by Gasteiger charge is 2.28. The Hall–Kier alpha value is -3.82. The van der Waals surface area contributed by atoms with Crippen LogP contribution >= 0.6 is 0 Å². The van der Waals surface area contributed by atoms with Gasteiger partial charge in [0.25, 0.3) is 5.91 Å². The Labute approximate surface area is 202 Å². The van der Waals surface area contributed by atoms with Crippen molar-refractivity contribution in [2.75, 3.05) is 5.32 Å². The van der Waals surface area contributed by atoms with Crippen molar-refractivity contribution < 1.29 is 17.6 Å². The first kappa shape index (κ1) is 22.9. The van der Waals surface area contributed by atoms with E-state index in [2.05, 4.69) is 15.0 Å². The first-order valence-corrected chi connectivity index (χ1v) is 12.7. The van der Waals surface area contributed by atoms with Gasteiger partial charge in [-0.1, -0.05) is 36.4 Å². The molecule has 1 heterocycles. The third-order valence-corrected chi connectivity index (χ3v) is 7.21. The predicted molar refractivity (Wildman–Crippen MR) is 131 cm³/mol. The van der Waals surface area contributed by atoms with Crippen LogP contribution in [-0.2, 0) is 16.6 Å². The second-order valence-electron chi connectivity index (χ2n) is 8.44. The van der Waals surface area contributed by atoms with Crippen molar-refractivity contribution in [2.45, 2.75) is 30.3 Å². The number of benzene rings is 3. The zero-order chi connectivity index (χ0) is 24.4. The first-order chi connectivity index (χ1) is 16.9. The first-order valence-electron chi connectivity index (χ1n) is 11.2. The van der Waals surface area contributed by atoms with E-state index in [0.29, 0.717) is 23.6 Å². The van der Waals surface area contributed by atoms with Crippen molar-refractivity contribution in [2.24, 2.45) is 0 Å². The van der Waals surface area contributed by atoms with Crippen LogP contribution in [0.4, 0.5) is 10.2 Å². The normalized spacial score (nSPS) is 13.5. The number of carbonyl (C=O) groups excluding carboxylic acids is 1. The molecule has 35 heavy (non-hydrogen) atoms. The van der Waals surface area contributed by atoms with Crippen LogP contribution in [0.25, 0.3) is 11.3 Å². The van der Waals surface area contributed by atoms with E-state index in [-0.39, 0.29) is 22.3 Å². The Bertz CT molecular complexity index is 1460. The summed E-state index contributed by atoms with van der Waals surface area (Å²) in [6, 6.07) is 21.4. The van der Waals surface area contributed by atoms with Gasteiger partial charge in [-0.15, -0.1) is 0 Å². The quantitative estimate of drug-likeness (QED) is 0.382. The number of sulfonamides is 1. The number of halogens is 1. The summed E-state index contributed by atoms with van der Waals surface area (Å²) in [5.74, 6) is -0.428. The SMILES string of the molecule is O=C(Nc1c(-c2ccc(F)cc2)ncn1Cc1ccccc1)c1cccc(S(=O)(=O)NC2CC2)c1. The molecule has 0 spiro atoms. The van der Waals surface area contributed by atoms with Crippen molar-refractivity contribution in [3.8, 4) is 11.3 Å². The third kappa shape index (κ3) is 5.31. The number of imidazole rings is 1. The van der Waals surface area contributed by atoms with Gasteiger partial charge >= 0.3 is 0 Å². The zero-order valence-corrected chi connectivity index (χ0v) is 19.5. The molecule has 7 nitrogen and oxygen atoms in total. The lowest BCUT2D eigenvalue weighted by atomic mass is 10.1. The number of amides is 1. The topological polar surface area (TPSA) is 93.1 Å². The van der Waals surface area contributed by atoms with Crippen LogP contribution in [0, 0.1) is 5.82 Å². The molecule has 1 aliphatic carbocycles. The maximum absolute atomic E-state index is 13.5. The molecular weight excluding hydrogens is 467 g/mol. The van der Waals surface area contributed by atoms with Gasteiger partial charge in [0.2, 0.25) is 10.0 Å². The number of anilines is 1. The largest absolute Gasteiger partial charge is 0.312 e. The number of rotatable bonds is 8. The Morgan fingerprint density at radius 2 is 1.74 bits per heavy atom. The average Bonchev–Trinajstić information content (AvgIpc) is 3.59. The summed E-state index contributed by atoms with van der Waals surface area (Å²) in [4.78, 5) is 17.8. The molecule has 0 bridgehead atoms. The van der Waals surface area contributed by atoms with Crippen LogP contribution in [0.1, 0.15) is 28.8 Å². The molecule has 0 unspecified atom stereocenters. The van der Waals surface area contributed by atoms with Gasteiger partial charge in [0.15, 0.2) is 0 Å². The van der Waals surface area contributed by atoms with Crippen LogP contribution in [0.15, 0.2) is 90.1 Å². The van der Waals surface area contributed by atoms with Crippen LogP contribution < -0.4 is 10.0 Å². The molecule has 4 aromatic rings. The number of hydrogen-bond donors (Lipinski definition) is 2. The Kier molecular flexibility index (Phi) is 6.19. The van der Waals surface area contributed by atoms with Gasteiger partial charge in [0, 0.05) is 17.2 Å². The summed E-state index contributed by atoms with van der Waals surface area (Å²) in [6.45, 7) is 0.449. The predicted octanol–water partition coefficient (Wildman–Crippen LogP) is 4.43. The summed E-state index contributed by atoms with van der Waals surface area (Å²) < 4.78 is 43.1. The van der Waals surface area contributed by atoms with E-state index in [1.807, 2.05) is 30.3 Å². The molecule has 1 aliphatic rings. The van der Waals surface area contributed by atoms with Gasteiger partial charge in [-0.3, -0.25) is 4.79 Å². The average molecular weight is 491 g/mol. The number of carbonyl (C=O) groups is 1. The third-order valence-electron chi connectivity index (χ3n) is 5.69. The molecule has 5 rings (SSSR count). The summed E-state index contributed by atoms with van der Waals surface area (Å²) in [6.07, 6.45) is 3.25. The smallest absolute Gasteiger partial charge is 0.256 e. The molecule has 1 saturated carbocycles. The monoisotopic (exact) mass is 490 g/mol. The molecule has 0 atom stereocenters. The lowest BCUT2D eigenvalue weighted by Crippen LogP contribution is -2.26. The van der Waals surface area contributed by atoms with Gasteiger partial charge in [-0.25, -0.2) is 22.5 Å². The molecule has 0 aliphatic heterocycles. The van der Waals surface area contributed by atoms with Crippen molar-refractivity contribution in [1.82, 2.24) is 14.3 Å². The van der Waals surface area contributed by atoms with Crippen molar-refractivity contribution >= 4 is 21.7 Å². The Morgan fingerprint density at radius 3 is 2.46 bits per heavy atom. The minimum Gasteiger partial charge on any atom is -0.312 e. The van der Waals surface area contributed by atoms with E-state index in [1.54, 1.807) is 35.2 Å². The fourth-order valence-corrected chi connectivity index (χ4v) is 5.06. The maximum Gasteiger partial charge on any atom is 0.256 e. The second-order valence-corrected chi connectivity index (χ2v) is 10.2. The summed E-state index contributed by atoms with van der Waals surface area (Å²) in [7, 11) is -3.70. The molecular formula is C26H23FN4O3S. The van der Waals surface area contributed by atoms with Crippen molar-refractivity contribution in [1.29, 1.82) is 0 Å². The maximum atomic E-state index is 13.5. The van der Waals surface area contributed by atoms with Gasteiger partial charge in [0.1, 0.15) is 17.3 Å². The summed E-state index contributed by atoms with van der Waals surface area (Å²) in [5, 5.41) is 2.89. The lowest BCUT2D eigenvalue weighted by molar-refractivity contribution is 0.102. The van der Waals surface area contributed by atoms with Crippen LogP contribution in [0.5, 0.6) is 0 Å². The van der Waals surface area contributed by atoms with Crippen LogP contribution in [0.2, 0.25) is 0 Å². The van der Waals surface area contributed by atoms with Crippen LogP contribution in [0.3, 0.4) is 0 Å². The Balaban J connectivity index is 1.47. The highest BCUT2D eigenvalue weighted by molar-refractivity contribution is 7.89. The standard InChI is InChI=1S/C26H23FN4O3S/c27-21-11-9-19(10-12-21)24-25(31(17-28-24)16-18-5-2-1-3-6-18)29-26(32)20-7-4-8-23(15-20)35(33,34)30-22-13-14-22/h1-12,15,17,22,30H,13-14,16H2,(H,29,32). The second kappa shape index (κ2) is 9.44. The molecule has 1 fully saturated rings. The summed E-state index contributed by atoms with van der Waals surface area (Å²) >= 11 is 0. The number of nitrogens with zero attached hydrogens (tertiary/aromatic N) is 2. The minimum atomic E-state index is -3.70. The molecule has 0 saturated heterocycles. The number of aromatic nitrogens is 2. The Morgan fingerprint density at radius 1 is 1.00 bits per heavy atom. The number of hydrogen-bond acceptors (Lipinski definition) is 4. The molecule has 3 aromatic carbocycles. The molecule has 0 radical (unpaired) electrons. The van der Waals surface area contributed by atoms with E-state index >= 15 is 0 Å². The molecule has 9 heteroatoms. The molecule has 178 valence electrons. The van der Waals surface area contributed by atoms with Crippen molar-refractivity contribution in [3.63, 3.8) is 0 Å². The van der Waals surface area contributed by atoms with E-state index in [1.165, 1.54) is 24.3 Å². The fraction of sp³-hybridized carbons (Fsp3) is 0.154. The number of nitrogens with one attached hydrogen (secondary N) is 2. The minimum absolute atomic E-state index is 0.0357. The van der Waals surface area contributed by atoms with E-state index in [4.69, 9.17) is 0 Å². The van der Waals surface area contributed by atoms with Gasteiger partial charge in [-0.05, 0) is 60.9 Å². The lowest BCUT2D eigenvalue weighted by Gasteiger charge is -2.13. The van der Waals surface area contributed by atoms with E-state index in [9.17, 15) is 17.6 Å². The molecule has 2 N–H and O–H groups in total. The highest BCUT2D eigenvalue weighted by Crippen LogP contribution is 2.29. The molecule has 1 amide bonds. The van der Waals surface area contributed by atoms with Gasteiger partial charge in [0.05, 0.1) is 17.8 Å². The molecule has 1 aromatic heterocycles. The van der Waals surface area contributed by atoms with E-state index < -0.39 is 15.9 Å². The zero-order valence-electron chi connectivity index (χ0n) is 18.7.